The van der Waals surface area contributed by atoms with Crippen molar-refractivity contribution in [2.75, 3.05) is 0 Å². The van der Waals surface area contributed by atoms with E-state index < -0.39 is 11.9 Å². The van der Waals surface area contributed by atoms with Crippen molar-refractivity contribution in [1.82, 2.24) is 5.32 Å². The first-order chi connectivity index (χ1) is 9.66. The maximum Gasteiger partial charge on any atom is 0.240 e. The summed E-state index contributed by atoms with van der Waals surface area (Å²) in [5.74, 6) is -0.455. The zero-order chi connectivity index (χ0) is 14.4. The van der Waals surface area contributed by atoms with Crippen molar-refractivity contribution in [3.05, 3.63) is 35.9 Å². The highest BCUT2D eigenvalue weighted by molar-refractivity contribution is 5.87. The lowest BCUT2D eigenvalue weighted by Gasteiger charge is -2.23. The Morgan fingerprint density at radius 2 is 1.80 bits per heavy atom. The van der Waals surface area contributed by atoms with E-state index in [9.17, 15) is 9.59 Å². The lowest BCUT2D eigenvalue weighted by atomic mass is 9.88. The van der Waals surface area contributed by atoms with Crippen LogP contribution in [-0.2, 0) is 16.0 Å². The standard InChI is InChI=1S/C16H22N2O2/c17-15(19)14(11-12-7-3-1-4-8-12)18-16(20)13-9-5-2-6-10-13/h1,3-4,7-8,13-14H,2,5-6,9-11H2,(H2,17,19)(H,18,20)/t14-/m0/s1. The number of nitrogens with two attached hydrogens (primary N) is 1. The van der Waals surface area contributed by atoms with Crippen LogP contribution >= 0.6 is 0 Å². The molecule has 1 aliphatic carbocycles. The number of benzene rings is 1. The molecule has 1 fully saturated rings. The topological polar surface area (TPSA) is 72.2 Å². The molecule has 2 amide bonds. The summed E-state index contributed by atoms with van der Waals surface area (Å²) in [6.07, 6.45) is 5.68. The number of amides is 2. The van der Waals surface area contributed by atoms with Gasteiger partial charge in [0.25, 0.3) is 0 Å². The molecule has 20 heavy (non-hydrogen) atoms. The van der Waals surface area contributed by atoms with E-state index in [4.69, 9.17) is 5.73 Å². The molecule has 0 aliphatic heterocycles. The van der Waals surface area contributed by atoms with E-state index in [-0.39, 0.29) is 11.8 Å². The molecule has 0 unspecified atom stereocenters. The minimum Gasteiger partial charge on any atom is -0.368 e. The third-order valence-corrected chi connectivity index (χ3v) is 3.92. The summed E-state index contributed by atoms with van der Waals surface area (Å²) in [5, 5.41) is 2.82. The summed E-state index contributed by atoms with van der Waals surface area (Å²) in [5.41, 5.74) is 6.41. The predicted molar refractivity (Wildman–Crippen MR) is 77.8 cm³/mol. The molecule has 1 atom stereocenters. The second-order valence-corrected chi connectivity index (χ2v) is 5.49. The Labute approximate surface area is 119 Å². The number of nitrogens with one attached hydrogen (secondary N) is 1. The number of primary amides is 1. The Bertz CT molecular complexity index is 453. The third kappa shape index (κ3) is 4.08. The highest BCUT2D eigenvalue weighted by atomic mass is 16.2. The van der Waals surface area contributed by atoms with E-state index in [1.807, 2.05) is 30.3 Å². The first-order valence-electron chi connectivity index (χ1n) is 7.30. The first-order valence-corrected chi connectivity index (χ1v) is 7.30. The van der Waals surface area contributed by atoms with Gasteiger partial charge in [0.1, 0.15) is 6.04 Å². The second-order valence-electron chi connectivity index (χ2n) is 5.49. The Hall–Kier alpha value is -1.84. The number of carbonyl (C=O) groups excluding carboxylic acids is 2. The zero-order valence-corrected chi connectivity index (χ0v) is 11.7. The van der Waals surface area contributed by atoms with Crippen LogP contribution in [0.15, 0.2) is 30.3 Å². The Morgan fingerprint density at radius 1 is 1.15 bits per heavy atom. The van der Waals surface area contributed by atoms with Gasteiger partial charge in [0.15, 0.2) is 0 Å². The molecule has 1 aliphatic rings. The summed E-state index contributed by atoms with van der Waals surface area (Å²) < 4.78 is 0. The van der Waals surface area contributed by atoms with E-state index in [1.165, 1.54) is 6.42 Å². The molecule has 3 N–H and O–H groups in total. The maximum absolute atomic E-state index is 12.2. The summed E-state index contributed by atoms with van der Waals surface area (Å²) in [6.45, 7) is 0. The summed E-state index contributed by atoms with van der Waals surface area (Å²) in [7, 11) is 0. The van der Waals surface area contributed by atoms with Gasteiger partial charge < -0.3 is 11.1 Å². The first kappa shape index (κ1) is 14.6. The molecule has 0 radical (unpaired) electrons. The van der Waals surface area contributed by atoms with Crippen molar-refractivity contribution < 1.29 is 9.59 Å². The van der Waals surface area contributed by atoms with Gasteiger partial charge in [0, 0.05) is 12.3 Å². The van der Waals surface area contributed by atoms with Gasteiger partial charge in [0.05, 0.1) is 0 Å². The highest BCUT2D eigenvalue weighted by Crippen LogP contribution is 2.23. The highest BCUT2D eigenvalue weighted by Gasteiger charge is 2.25. The molecule has 4 heteroatoms. The molecule has 0 spiro atoms. The SMILES string of the molecule is NC(=O)[C@H](Cc1ccccc1)NC(=O)C1CCCCC1. The van der Waals surface area contributed by atoms with Crippen LogP contribution < -0.4 is 11.1 Å². The minimum absolute atomic E-state index is 0.0237. The van der Waals surface area contributed by atoms with Crippen LogP contribution in [0.3, 0.4) is 0 Å². The lowest BCUT2D eigenvalue weighted by molar-refractivity contribution is -0.130. The van der Waals surface area contributed by atoms with Crippen molar-refractivity contribution in [1.29, 1.82) is 0 Å². The van der Waals surface area contributed by atoms with E-state index in [1.54, 1.807) is 0 Å². The van der Waals surface area contributed by atoms with Gasteiger partial charge in [0.2, 0.25) is 11.8 Å². The van der Waals surface area contributed by atoms with Crippen LogP contribution in [0.1, 0.15) is 37.7 Å². The molecule has 1 saturated carbocycles. The van der Waals surface area contributed by atoms with E-state index in [0.717, 1.165) is 31.2 Å². The summed E-state index contributed by atoms with van der Waals surface area (Å²) >= 11 is 0. The fourth-order valence-electron chi connectivity index (χ4n) is 2.73. The van der Waals surface area contributed by atoms with Crippen molar-refractivity contribution in [2.24, 2.45) is 11.7 Å². The summed E-state index contributed by atoms with van der Waals surface area (Å²) in [6, 6.07) is 8.99. The maximum atomic E-state index is 12.2. The zero-order valence-electron chi connectivity index (χ0n) is 11.7. The van der Waals surface area contributed by atoms with E-state index in [2.05, 4.69) is 5.32 Å². The average molecular weight is 274 g/mol. The smallest absolute Gasteiger partial charge is 0.240 e. The normalized spacial score (nSPS) is 17.4. The fourth-order valence-corrected chi connectivity index (χ4v) is 2.73. The molecule has 4 nitrogen and oxygen atoms in total. The lowest BCUT2D eigenvalue weighted by Crippen LogP contribution is -2.48. The summed E-state index contributed by atoms with van der Waals surface area (Å²) in [4.78, 5) is 23.7. The second kappa shape index (κ2) is 7.08. The Balaban J connectivity index is 1.95. The van der Waals surface area contributed by atoms with Gasteiger partial charge in [-0.2, -0.15) is 0 Å². The van der Waals surface area contributed by atoms with Gasteiger partial charge in [-0.1, -0.05) is 49.6 Å². The molecule has 1 aromatic carbocycles. The van der Waals surface area contributed by atoms with Crippen LogP contribution in [0.25, 0.3) is 0 Å². The molecular weight excluding hydrogens is 252 g/mol. The monoisotopic (exact) mass is 274 g/mol. The van der Waals surface area contributed by atoms with Crippen LogP contribution in [0, 0.1) is 5.92 Å². The number of hydrogen-bond donors (Lipinski definition) is 2. The fraction of sp³-hybridized carbons (Fsp3) is 0.500. The molecule has 2 rings (SSSR count). The van der Waals surface area contributed by atoms with Crippen LogP contribution in [0.2, 0.25) is 0 Å². The molecular formula is C16H22N2O2. The van der Waals surface area contributed by atoms with Crippen molar-refractivity contribution in [3.8, 4) is 0 Å². The van der Waals surface area contributed by atoms with E-state index in [0.29, 0.717) is 6.42 Å². The van der Waals surface area contributed by atoms with Gasteiger partial charge in [-0.25, -0.2) is 0 Å². The molecule has 1 aromatic rings. The third-order valence-electron chi connectivity index (χ3n) is 3.92. The Morgan fingerprint density at radius 3 is 2.40 bits per heavy atom. The molecule has 0 bridgehead atoms. The van der Waals surface area contributed by atoms with Crippen LogP contribution in [-0.4, -0.2) is 17.9 Å². The van der Waals surface area contributed by atoms with Gasteiger partial charge in [-0.15, -0.1) is 0 Å². The van der Waals surface area contributed by atoms with Gasteiger partial charge in [-0.3, -0.25) is 9.59 Å². The molecule has 0 saturated heterocycles. The largest absolute Gasteiger partial charge is 0.368 e. The minimum atomic E-state index is -0.619. The average Bonchev–Trinajstić information content (AvgIpc) is 2.48. The van der Waals surface area contributed by atoms with Crippen LogP contribution in [0.5, 0.6) is 0 Å². The van der Waals surface area contributed by atoms with Gasteiger partial charge >= 0.3 is 0 Å². The van der Waals surface area contributed by atoms with Crippen LogP contribution in [0.4, 0.5) is 0 Å². The van der Waals surface area contributed by atoms with Gasteiger partial charge in [-0.05, 0) is 18.4 Å². The van der Waals surface area contributed by atoms with Crippen molar-refractivity contribution >= 4 is 11.8 Å². The van der Waals surface area contributed by atoms with Crippen molar-refractivity contribution in [3.63, 3.8) is 0 Å². The number of hydrogen-bond acceptors (Lipinski definition) is 2. The quantitative estimate of drug-likeness (QED) is 0.859. The Kier molecular flexibility index (Phi) is 5.16. The van der Waals surface area contributed by atoms with Crippen molar-refractivity contribution in [2.45, 2.75) is 44.6 Å². The predicted octanol–water partition coefficient (Wildman–Crippen LogP) is 1.78. The van der Waals surface area contributed by atoms with E-state index >= 15 is 0 Å². The number of rotatable bonds is 5. The number of carbonyl (C=O) groups is 2. The molecule has 0 heterocycles. The molecule has 108 valence electrons. The molecule has 0 aromatic heterocycles.